The van der Waals surface area contributed by atoms with Crippen molar-refractivity contribution in [3.05, 3.63) is 39.5 Å². The maximum Gasteiger partial charge on any atom is 0.294 e. The highest BCUT2D eigenvalue weighted by Gasteiger charge is 2.37. The number of carbonyl (C=O) groups is 3. The zero-order chi connectivity index (χ0) is 17.3. The van der Waals surface area contributed by atoms with Crippen LogP contribution < -0.4 is 0 Å². The number of thioether (sulfide) groups is 1. The number of carbonyl (C=O) groups excluding carboxylic acids is 3. The standard InChI is InChI=1S/C16H14ClFN2O3S/c17-11-4-3-5-12(18)10(11)8-13-15(22)20(16(23)24-13)9-14(21)19-6-1-2-7-19/h3-5,8H,1-2,6-7,9H2/b13-8-. The first-order valence-corrected chi connectivity index (χ1v) is 8.64. The minimum absolute atomic E-state index is 0.0514. The molecule has 126 valence electrons. The first-order valence-electron chi connectivity index (χ1n) is 7.44. The van der Waals surface area contributed by atoms with Crippen LogP contribution in [-0.4, -0.2) is 46.5 Å². The molecule has 2 fully saturated rings. The summed E-state index contributed by atoms with van der Waals surface area (Å²) < 4.78 is 13.8. The lowest BCUT2D eigenvalue weighted by Gasteiger charge is -2.18. The van der Waals surface area contributed by atoms with Crippen molar-refractivity contribution in [3.63, 3.8) is 0 Å². The molecule has 3 rings (SSSR count). The van der Waals surface area contributed by atoms with Crippen molar-refractivity contribution >= 4 is 46.5 Å². The molecule has 0 N–H and O–H groups in total. The van der Waals surface area contributed by atoms with Crippen molar-refractivity contribution in [3.8, 4) is 0 Å². The first kappa shape index (κ1) is 17.0. The largest absolute Gasteiger partial charge is 0.341 e. The van der Waals surface area contributed by atoms with E-state index in [0.29, 0.717) is 24.9 Å². The smallest absolute Gasteiger partial charge is 0.294 e. The van der Waals surface area contributed by atoms with E-state index in [1.807, 2.05) is 0 Å². The van der Waals surface area contributed by atoms with E-state index in [1.54, 1.807) is 4.90 Å². The van der Waals surface area contributed by atoms with Gasteiger partial charge in [0.05, 0.1) is 9.93 Å². The average Bonchev–Trinajstić information content (AvgIpc) is 3.16. The molecule has 0 aromatic heterocycles. The van der Waals surface area contributed by atoms with Crippen LogP contribution >= 0.6 is 23.4 Å². The van der Waals surface area contributed by atoms with E-state index in [2.05, 4.69) is 0 Å². The van der Waals surface area contributed by atoms with Crippen LogP contribution in [0, 0.1) is 5.82 Å². The molecule has 1 aromatic rings. The molecule has 0 unspecified atom stereocenters. The summed E-state index contributed by atoms with van der Waals surface area (Å²) in [5, 5.41) is -0.388. The Kier molecular flexibility index (Phi) is 4.91. The van der Waals surface area contributed by atoms with E-state index >= 15 is 0 Å². The Hall–Kier alpha value is -1.86. The molecular formula is C16H14ClFN2O3S. The molecule has 0 bridgehead atoms. The highest BCUT2D eigenvalue weighted by Crippen LogP contribution is 2.34. The summed E-state index contributed by atoms with van der Waals surface area (Å²) in [7, 11) is 0. The summed E-state index contributed by atoms with van der Waals surface area (Å²) >= 11 is 6.62. The predicted molar refractivity (Wildman–Crippen MR) is 89.9 cm³/mol. The lowest BCUT2D eigenvalue weighted by atomic mass is 10.2. The maximum absolute atomic E-state index is 13.8. The number of halogens is 2. The number of hydrogen-bond donors (Lipinski definition) is 0. The number of rotatable bonds is 3. The van der Waals surface area contributed by atoms with Crippen LogP contribution in [0.1, 0.15) is 18.4 Å². The van der Waals surface area contributed by atoms with Crippen molar-refractivity contribution in [1.82, 2.24) is 9.80 Å². The third-order valence-electron chi connectivity index (χ3n) is 3.90. The molecule has 2 heterocycles. The van der Waals surface area contributed by atoms with Gasteiger partial charge in [-0.05, 0) is 42.8 Å². The predicted octanol–water partition coefficient (Wildman–Crippen LogP) is 3.14. The van der Waals surface area contributed by atoms with E-state index in [-0.39, 0.29) is 27.9 Å². The summed E-state index contributed by atoms with van der Waals surface area (Å²) in [4.78, 5) is 39.1. The monoisotopic (exact) mass is 368 g/mol. The van der Waals surface area contributed by atoms with Gasteiger partial charge in [0.15, 0.2) is 0 Å². The number of likely N-dealkylation sites (tertiary alicyclic amines) is 1. The lowest BCUT2D eigenvalue weighted by molar-refractivity contribution is -0.135. The normalized spacial score (nSPS) is 19.7. The van der Waals surface area contributed by atoms with Crippen molar-refractivity contribution in [2.45, 2.75) is 12.8 Å². The fourth-order valence-electron chi connectivity index (χ4n) is 2.62. The first-order chi connectivity index (χ1) is 11.5. The highest BCUT2D eigenvalue weighted by molar-refractivity contribution is 8.18. The molecule has 2 saturated heterocycles. The number of hydrogen-bond acceptors (Lipinski definition) is 4. The van der Waals surface area contributed by atoms with Crippen LogP contribution in [0.5, 0.6) is 0 Å². The summed E-state index contributed by atoms with van der Waals surface area (Å²) in [6.07, 6.45) is 3.11. The van der Waals surface area contributed by atoms with E-state index < -0.39 is 17.0 Å². The third-order valence-corrected chi connectivity index (χ3v) is 5.14. The summed E-state index contributed by atoms with van der Waals surface area (Å²) in [6.45, 7) is 1.01. The Morgan fingerprint density at radius 1 is 1.29 bits per heavy atom. The molecule has 2 aliphatic heterocycles. The van der Waals surface area contributed by atoms with Crippen LogP contribution in [0.2, 0.25) is 5.02 Å². The van der Waals surface area contributed by atoms with Gasteiger partial charge in [-0.2, -0.15) is 0 Å². The van der Waals surface area contributed by atoms with E-state index in [1.165, 1.54) is 24.3 Å². The molecule has 0 radical (unpaired) electrons. The van der Waals surface area contributed by atoms with Gasteiger partial charge in [-0.25, -0.2) is 4.39 Å². The third kappa shape index (κ3) is 3.32. The van der Waals surface area contributed by atoms with E-state index in [4.69, 9.17) is 11.6 Å². The fourth-order valence-corrected chi connectivity index (χ4v) is 3.66. The summed E-state index contributed by atoms with van der Waals surface area (Å²) in [6, 6.07) is 4.17. The second kappa shape index (κ2) is 6.94. The second-order valence-corrected chi connectivity index (χ2v) is 6.89. The van der Waals surface area contributed by atoms with Crippen molar-refractivity contribution < 1.29 is 18.8 Å². The van der Waals surface area contributed by atoms with Gasteiger partial charge in [0.2, 0.25) is 5.91 Å². The van der Waals surface area contributed by atoms with E-state index in [0.717, 1.165) is 17.7 Å². The van der Waals surface area contributed by atoms with Gasteiger partial charge in [-0.1, -0.05) is 17.7 Å². The topological polar surface area (TPSA) is 57.7 Å². The van der Waals surface area contributed by atoms with Gasteiger partial charge < -0.3 is 4.90 Å². The Bertz CT molecular complexity index is 727. The summed E-state index contributed by atoms with van der Waals surface area (Å²) in [5.74, 6) is -1.43. The van der Waals surface area contributed by atoms with Crippen LogP contribution in [0.4, 0.5) is 9.18 Å². The second-order valence-electron chi connectivity index (χ2n) is 5.49. The van der Waals surface area contributed by atoms with Gasteiger partial charge in [0.1, 0.15) is 12.4 Å². The van der Waals surface area contributed by atoms with Crippen LogP contribution in [-0.2, 0) is 9.59 Å². The summed E-state index contributed by atoms with van der Waals surface area (Å²) in [5.41, 5.74) is 0.0514. The average molecular weight is 369 g/mol. The Morgan fingerprint density at radius 2 is 2.00 bits per heavy atom. The molecule has 0 spiro atoms. The number of imide groups is 1. The zero-order valence-corrected chi connectivity index (χ0v) is 14.2. The minimum Gasteiger partial charge on any atom is -0.341 e. The van der Waals surface area contributed by atoms with Crippen LogP contribution in [0.3, 0.4) is 0 Å². The molecule has 24 heavy (non-hydrogen) atoms. The molecule has 0 saturated carbocycles. The fraction of sp³-hybridized carbons (Fsp3) is 0.312. The maximum atomic E-state index is 13.8. The Balaban J connectivity index is 1.78. The quantitative estimate of drug-likeness (QED) is 0.769. The number of nitrogens with zero attached hydrogens (tertiary/aromatic N) is 2. The molecule has 1 aromatic carbocycles. The number of amides is 3. The molecule has 0 aliphatic carbocycles. The molecule has 8 heteroatoms. The van der Waals surface area contributed by atoms with Gasteiger partial charge in [0.25, 0.3) is 11.1 Å². The SMILES string of the molecule is O=C(CN1C(=O)S/C(=C\c2c(F)cccc2Cl)C1=O)N1CCCC1. The van der Waals surface area contributed by atoms with Gasteiger partial charge >= 0.3 is 0 Å². The van der Waals surface area contributed by atoms with Crippen molar-refractivity contribution in [1.29, 1.82) is 0 Å². The molecule has 5 nitrogen and oxygen atoms in total. The van der Waals surface area contributed by atoms with Gasteiger partial charge in [-0.3, -0.25) is 19.3 Å². The van der Waals surface area contributed by atoms with Crippen molar-refractivity contribution in [2.75, 3.05) is 19.6 Å². The van der Waals surface area contributed by atoms with Gasteiger partial charge in [0, 0.05) is 18.7 Å². The zero-order valence-electron chi connectivity index (χ0n) is 12.6. The molecule has 0 atom stereocenters. The minimum atomic E-state index is -0.600. The molecule has 3 amide bonds. The van der Waals surface area contributed by atoms with Crippen LogP contribution in [0.25, 0.3) is 6.08 Å². The number of benzene rings is 1. The Labute approximate surface area is 147 Å². The van der Waals surface area contributed by atoms with Crippen molar-refractivity contribution in [2.24, 2.45) is 0 Å². The van der Waals surface area contributed by atoms with Gasteiger partial charge in [-0.15, -0.1) is 0 Å². The van der Waals surface area contributed by atoms with Crippen LogP contribution in [0.15, 0.2) is 23.1 Å². The molecule has 2 aliphatic rings. The highest BCUT2D eigenvalue weighted by atomic mass is 35.5. The lowest BCUT2D eigenvalue weighted by Crippen LogP contribution is -2.40. The Morgan fingerprint density at radius 3 is 2.67 bits per heavy atom. The van der Waals surface area contributed by atoms with E-state index in [9.17, 15) is 18.8 Å². The molecular weight excluding hydrogens is 355 g/mol.